The molecular weight excluding hydrogens is 398 g/mol. The highest BCUT2D eigenvalue weighted by molar-refractivity contribution is 5.86. The standard InChI is InChI=1S/C26H31N5O/c1-4-22(27)16-32-24-14-23(25-26(30-24)31(17-29-25)18(2)3)28-15-19-10-12-21(13-11-19)20-8-6-5-7-9-20/h5-14,17-18,22H,4,15-16,27H2,1-3H3,(H,28,30)/t22-/m1/s1. The molecule has 1 atom stereocenters. The van der Waals surface area contributed by atoms with Gasteiger partial charge >= 0.3 is 0 Å². The molecule has 32 heavy (non-hydrogen) atoms. The van der Waals surface area contributed by atoms with Crippen molar-refractivity contribution in [3.05, 3.63) is 72.6 Å². The van der Waals surface area contributed by atoms with Gasteiger partial charge < -0.3 is 20.4 Å². The van der Waals surface area contributed by atoms with Gasteiger partial charge in [0.15, 0.2) is 5.65 Å². The number of pyridine rings is 1. The predicted molar refractivity (Wildman–Crippen MR) is 131 cm³/mol. The van der Waals surface area contributed by atoms with E-state index in [9.17, 15) is 0 Å². The van der Waals surface area contributed by atoms with Gasteiger partial charge in [0.2, 0.25) is 5.88 Å². The minimum Gasteiger partial charge on any atom is -0.476 e. The van der Waals surface area contributed by atoms with E-state index in [1.807, 2.05) is 18.5 Å². The van der Waals surface area contributed by atoms with Crippen molar-refractivity contribution in [2.24, 2.45) is 5.73 Å². The summed E-state index contributed by atoms with van der Waals surface area (Å²) in [5, 5.41) is 3.53. The van der Waals surface area contributed by atoms with E-state index >= 15 is 0 Å². The van der Waals surface area contributed by atoms with Crippen molar-refractivity contribution < 1.29 is 4.74 Å². The van der Waals surface area contributed by atoms with Crippen LogP contribution in [0.25, 0.3) is 22.3 Å². The number of nitrogens with one attached hydrogen (secondary N) is 1. The molecule has 0 amide bonds. The molecule has 4 rings (SSSR count). The van der Waals surface area contributed by atoms with E-state index in [-0.39, 0.29) is 12.1 Å². The zero-order valence-corrected chi connectivity index (χ0v) is 19.0. The van der Waals surface area contributed by atoms with E-state index in [2.05, 4.69) is 84.2 Å². The van der Waals surface area contributed by atoms with Gasteiger partial charge in [0.05, 0.1) is 12.0 Å². The van der Waals surface area contributed by atoms with E-state index in [1.54, 1.807) is 0 Å². The molecule has 2 aromatic heterocycles. The van der Waals surface area contributed by atoms with E-state index in [0.29, 0.717) is 19.0 Å². The third kappa shape index (κ3) is 4.92. The van der Waals surface area contributed by atoms with Gasteiger partial charge in [0.25, 0.3) is 0 Å². The van der Waals surface area contributed by atoms with Crippen LogP contribution in [0, 0.1) is 0 Å². The Morgan fingerprint density at radius 1 is 1.03 bits per heavy atom. The van der Waals surface area contributed by atoms with E-state index < -0.39 is 0 Å². The molecule has 0 saturated carbocycles. The van der Waals surface area contributed by atoms with Crippen LogP contribution in [0.3, 0.4) is 0 Å². The lowest BCUT2D eigenvalue weighted by molar-refractivity contribution is 0.276. The summed E-state index contributed by atoms with van der Waals surface area (Å²) in [7, 11) is 0. The van der Waals surface area contributed by atoms with Crippen molar-refractivity contribution >= 4 is 16.9 Å². The maximum atomic E-state index is 6.03. The van der Waals surface area contributed by atoms with Crippen LogP contribution in [0.5, 0.6) is 5.88 Å². The van der Waals surface area contributed by atoms with Crippen molar-refractivity contribution in [2.45, 2.75) is 45.8 Å². The van der Waals surface area contributed by atoms with Crippen LogP contribution in [0.1, 0.15) is 38.8 Å². The van der Waals surface area contributed by atoms with Crippen LogP contribution in [0.4, 0.5) is 5.69 Å². The summed E-state index contributed by atoms with van der Waals surface area (Å²) < 4.78 is 7.97. The van der Waals surface area contributed by atoms with Crippen molar-refractivity contribution in [1.82, 2.24) is 14.5 Å². The Kier molecular flexibility index (Phi) is 6.71. The van der Waals surface area contributed by atoms with Crippen LogP contribution in [0.15, 0.2) is 67.0 Å². The molecule has 0 spiro atoms. The third-order valence-corrected chi connectivity index (χ3v) is 5.58. The van der Waals surface area contributed by atoms with E-state index in [4.69, 9.17) is 15.5 Å². The molecule has 0 bridgehead atoms. The van der Waals surface area contributed by atoms with E-state index in [0.717, 1.165) is 23.3 Å². The second-order valence-corrected chi connectivity index (χ2v) is 8.32. The van der Waals surface area contributed by atoms with Gasteiger partial charge in [-0.2, -0.15) is 4.98 Å². The lowest BCUT2D eigenvalue weighted by atomic mass is 10.0. The molecule has 166 valence electrons. The molecule has 0 unspecified atom stereocenters. The van der Waals surface area contributed by atoms with Gasteiger partial charge in [-0.25, -0.2) is 4.98 Å². The first-order valence-corrected chi connectivity index (χ1v) is 11.2. The Morgan fingerprint density at radius 2 is 1.75 bits per heavy atom. The molecule has 2 aromatic carbocycles. The number of anilines is 1. The number of hydrogen-bond acceptors (Lipinski definition) is 5. The second kappa shape index (κ2) is 9.83. The topological polar surface area (TPSA) is 78.0 Å². The van der Waals surface area contributed by atoms with Crippen molar-refractivity contribution in [2.75, 3.05) is 11.9 Å². The minimum atomic E-state index is -0.0120. The number of ether oxygens (including phenoxy) is 1. The summed E-state index contributed by atoms with van der Waals surface area (Å²) in [6, 6.07) is 21.2. The number of imidazole rings is 1. The summed E-state index contributed by atoms with van der Waals surface area (Å²) in [5.41, 5.74) is 12.2. The first kappa shape index (κ1) is 21.8. The first-order chi connectivity index (χ1) is 15.5. The minimum absolute atomic E-state index is 0.0120. The third-order valence-electron chi connectivity index (χ3n) is 5.58. The zero-order chi connectivity index (χ0) is 22.5. The van der Waals surface area contributed by atoms with Crippen LogP contribution < -0.4 is 15.8 Å². The molecule has 0 radical (unpaired) electrons. The fourth-order valence-corrected chi connectivity index (χ4v) is 3.52. The van der Waals surface area contributed by atoms with Crippen molar-refractivity contribution in [1.29, 1.82) is 0 Å². The zero-order valence-electron chi connectivity index (χ0n) is 19.0. The number of hydrogen-bond donors (Lipinski definition) is 2. The van der Waals surface area contributed by atoms with Crippen molar-refractivity contribution in [3.8, 4) is 17.0 Å². The molecule has 3 N–H and O–H groups in total. The molecule has 2 heterocycles. The van der Waals surface area contributed by atoms with Gasteiger partial charge in [-0.05, 0) is 37.0 Å². The number of aromatic nitrogens is 3. The molecule has 0 fully saturated rings. The molecule has 6 heteroatoms. The fourth-order valence-electron chi connectivity index (χ4n) is 3.52. The summed E-state index contributed by atoms with van der Waals surface area (Å²) in [4.78, 5) is 9.32. The average molecular weight is 430 g/mol. The lowest BCUT2D eigenvalue weighted by Crippen LogP contribution is -2.26. The highest BCUT2D eigenvalue weighted by Crippen LogP contribution is 2.28. The molecule has 0 saturated heterocycles. The predicted octanol–water partition coefficient (Wildman–Crippen LogP) is 5.41. The Hall–Kier alpha value is -3.38. The normalized spacial score (nSPS) is 12.3. The Morgan fingerprint density at radius 3 is 2.44 bits per heavy atom. The smallest absolute Gasteiger partial charge is 0.217 e. The number of benzene rings is 2. The largest absolute Gasteiger partial charge is 0.476 e. The number of nitrogens with zero attached hydrogens (tertiary/aromatic N) is 3. The summed E-state index contributed by atoms with van der Waals surface area (Å²) in [6.45, 7) is 7.39. The molecule has 0 aliphatic heterocycles. The molecule has 0 aliphatic rings. The molecule has 6 nitrogen and oxygen atoms in total. The quantitative estimate of drug-likeness (QED) is 0.372. The van der Waals surface area contributed by atoms with Gasteiger partial charge in [-0.1, -0.05) is 61.5 Å². The Balaban J connectivity index is 1.56. The fraction of sp³-hybridized carbons (Fsp3) is 0.308. The van der Waals surface area contributed by atoms with Gasteiger partial charge in [-0.15, -0.1) is 0 Å². The summed E-state index contributed by atoms with van der Waals surface area (Å²) in [5.74, 6) is 0.561. The highest BCUT2D eigenvalue weighted by atomic mass is 16.5. The monoisotopic (exact) mass is 429 g/mol. The molecule has 4 aromatic rings. The van der Waals surface area contributed by atoms with Crippen molar-refractivity contribution in [3.63, 3.8) is 0 Å². The Labute approximate surface area is 189 Å². The van der Waals surface area contributed by atoms with Crippen LogP contribution in [-0.4, -0.2) is 27.2 Å². The SMILES string of the molecule is CC[C@@H](N)COc1cc(NCc2ccc(-c3ccccc3)cc2)c2ncn(C(C)C)c2n1. The van der Waals surface area contributed by atoms with Gasteiger partial charge in [0.1, 0.15) is 12.1 Å². The lowest BCUT2D eigenvalue weighted by Gasteiger charge is -2.14. The van der Waals surface area contributed by atoms with Crippen LogP contribution in [0.2, 0.25) is 0 Å². The first-order valence-electron chi connectivity index (χ1n) is 11.2. The average Bonchev–Trinajstić information content (AvgIpc) is 3.26. The maximum absolute atomic E-state index is 6.03. The van der Waals surface area contributed by atoms with E-state index in [1.165, 1.54) is 16.7 Å². The maximum Gasteiger partial charge on any atom is 0.217 e. The molecular formula is C26H31N5O. The number of nitrogens with two attached hydrogens (primary N) is 1. The molecule has 0 aliphatic carbocycles. The Bertz CT molecular complexity index is 1150. The second-order valence-electron chi connectivity index (χ2n) is 8.32. The van der Waals surface area contributed by atoms with Gasteiger partial charge in [-0.3, -0.25) is 0 Å². The summed E-state index contributed by atoms with van der Waals surface area (Å²) in [6.07, 6.45) is 2.69. The summed E-state index contributed by atoms with van der Waals surface area (Å²) >= 11 is 0. The number of rotatable bonds is 9. The van der Waals surface area contributed by atoms with Crippen LogP contribution >= 0.6 is 0 Å². The highest BCUT2D eigenvalue weighted by Gasteiger charge is 2.15. The van der Waals surface area contributed by atoms with Crippen LogP contribution in [-0.2, 0) is 6.54 Å². The number of fused-ring (bicyclic) bond motifs is 1. The van der Waals surface area contributed by atoms with Gasteiger partial charge in [0, 0.05) is 24.7 Å².